The van der Waals surface area contributed by atoms with Gasteiger partial charge in [-0.25, -0.2) is 0 Å². The van der Waals surface area contributed by atoms with Crippen molar-refractivity contribution in [2.45, 2.75) is 19.8 Å². The molecule has 14 heavy (non-hydrogen) atoms. The standard InChI is InChI=1S/C13H15N/c1-9(2)10(3)12-8-14-13-7-5-4-6-11(12)13/h4-8,10,14H,1H2,2-3H3. The summed E-state index contributed by atoms with van der Waals surface area (Å²) in [5.74, 6) is 0.422. The highest BCUT2D eigenvalue weighted by molar-refractivity contribution is 5.83. The molecule has 1 aromatic carbocycles. The van der Waals surface area contributed by atoms with Crippen LogP contribution in [0.25, 0.3) is 10.9 Å². The zero-order valence-electron chi connectivity index (χ0n) is 8.67. The molecule has 0 spiro atoms. The fourth-order valence-corrected chi connectivity index (χ4v) is 1.72. The number of nitrogens with one attached hydrogen (secondary N) is 1. The Kier molecular flexibility index (Phi) is 2.16. The quantitative estimate of drug-likeness (QED) is 0.684. The second-order valence-electron chi connectivity index (χ2n) is 3.86. The molecule has 1 aromatic heterocycles. The Morgan fingerprint density at radius 3 is 2.79 bits per heavy atom. The molecule has 1 atom stereocenters. The van der Waals surface area contributed by atoms with Crippen molar-refractivity contribution in [3.8, 4) is 0 Å². The van der Waals surface area contributed by atoms with E-state index in [9.17, 15) is 0 Å². The molecule has 1 N–H and O–H groups in total. The van der Waals surface area contributed by atoms with Gasteiger partial charge in [0.25, 0.3) is 0 Å². The maximum Gasteiger partial charge on any atom is 0.0457 e. The lowest BCUT2D eigenvalue weighted by Crippen LogP contribution is -1.91. The summed E-state index contributed by atoms with van der Waals surface area (Å²) in [6.07, 6.45) is 2.09. The first-order valence-corrected chi connectivity index (χ1v) is 4.91. The molecule has 0 radical (unpaired) electrons. The van der Waals surface area contributed by atoms with Crippen LogP contribution in [0.3, 0.4) is 0 Å². The summed E-state index contributed by atoms with van der Waals surface area (Å²) in [5.41, 5.74) is 3.75. The maximum atomic E-state index is 4.00. The number of hydrogen-bond acceptors (Lipinski definition) is 0. The molecule has 0 fully saturated rings. The molecule has 1 heteroatoms. The van der Waals surface area contributed by atoms with Crippen molar-refractivity contribution in [1.82, 2.24) is 4.98 Å². The third-order valence-electron chi connectivity index (χ3n) is 2.83. The van der Waals surface area contributed by atoms with Crippen molar-refractivity contribution in [2.75, 3.05) is 0 Å². The number of H-pyrrole nitrogens is 1. The molecular weight excluding hydrogens is 170 g/mol. The average Bonchev–Trinajstić information content (AvgIpc) is 2.60. The number of allylic oxidation sites excluding steroid dienone is 1. The molecule has 0 saturated carbocycles. The number of benzene rings is 1. The van der Waals surface area contributed by atoms with E-state index >= 15 is 0 Å². The fraction of sp³-hybridized carbons (Fsp3) is 0.231. The van der Waals surface area contributed by atoms with E-state index in [0.29, 0.717) is 5.92 Å². The molecule has 0 aliphatic carbocycles. The van der Waals surface area contributed by atoms with Crippen molar-refractivity contribution in [3.63, 3.8) is 0 Å². The molecule has 2 aromatic rings. The van der Waals surface area contributed by atoms with Gasteiger partial charge in [-0.05, 0) is 18.6 Å². The van der Waals surface area contributed by atoms with Crippen molar-refractivity contribution >= 4 is 10.9 Å². The van der Waals surface area contributed by atoms with E-state index in [4.69, 9.17) is 0 Å². The largest absolute Gasteiger partial charge is 0.361 e. The van der Waals surface area contributed by atoms with Crippen LogP contribution < -0.4 is 0 Å². The predicted octanol–water partition coefficient (Wildman–Crippen LogP) is 3.85. The average molecular weight is 185 g/mol. The van der Waals surface area contributed by atoms with Gasteiger partial charge in [0.15, 0.2) is 0 Å². The number of aromatic nitrogens is 1. The topological polar surface area (TPSA) is 15.8 Å². The van der Waals surface area contributed by atoms with Crippen molar-refractivity contribution in [2.24, 2.45) is 0 Å². The Morgan fingerprint density at radius 2 is 2.07 bits per heavy atom. The van der Waals surface area contributed by atoms with Crippen LogP contribution >= 0.6 is 0 Å². The van der Waals surface area contributed by atoms with Gasteiger partial charge in [0.2, 0.25) is 0 Å². The number of hydrogen-bond donors (Lipinski definition) is 1. The fourth-order valence-electron chi connectivity index (χ4n) is 1.72. The lowest BCUT2D eigenvalue weighted by atomic mass is 9.95. The maximum absolute atomic E-state index is 4.00. The summed E-state index contributed by atoms with van der Waals surface area (Å²) in [4.78, 5) is 3.28. The van der Waals surface area contributed by atoms with Gasteiger partial charge in [0.05, 0.1) is 0 Å². The van der Waals surface area contributed by atoms with Crippen LogP contribution in [0.2, 0.25) is 0 Å². The van der Waals surface area contributed by atoms with E-state index in [1.54, 1.807) is 0 Å². The predicted molar refractivity (Wildman–Crippen MR) is 61.5 cm³/mol. The smallest absolute Gasteiger partial charge is 0.0457 e. The summed E-state index contributed by atoms with van der Waals surface area (Å²) < 4.78 is 0. The van der Waals surface area contributed by atoms with E-state index in [1.165, 1.54) is 22.0 Å². The van der Waals surface area contributed by atoms with Crippen molar-refractivity contribution in [1.29, 1.82) is 0 Å². The van der Waals surface area contributed by atoms with E-state index in [2.05, 4.69) is 49.8 Å². The van der Waals surface area contributed by atoms with Crippen LogP contribution in [0.1, 0.15) is 25.3 Å². The molecule has 0 bridgehead atoms. The first-order valence-electron chi connectivity index (χ1n) is 4.91. The Morgan fingerprint density at radius 1 is 1.36 bits per heavy atom. The van der Waals surface area contributed by atoms with Gasteiger partial charge in [0, 0.05) is 23.0 Å². The zero-order chi connectivity index (χ0) is 10.1. The van der Waals surface area contributed by atoms with Crippen LogP contribution in [0.4, 0.5) is 0 Å². The molecule has 0 saturated heterocycles. The van der Waals surface area contributed by atoms with E-state index in [1.807, 2.05) is 6.07 Å². The van der Waals surface area contributed by atoms with Gasteiger partial charge in [-0.3, -0.25) is 0 Å². The molecular formula is C13H15N. The minimum atomic E-state index is 0.422. The highest BCUT2D eigenvalue weighted by atomic mass is 14.7. The van der Waals surface area contributed by atoms with Gasteiger partial charge in [-0.15, -0.1) is 0 Å². The number of fused-ring (bicyclic) bond motifs is 1. The highest BCUT2D eigenvalue weighted by Crippen LogP contribution is 2.28. The SMILES string of the molecule is C=C(C)C(C)c1c[nH]c2ccccc12. The molecule has 0 aliphatic rings. The van der Waals surface area contributed by atoms with Crippen LogP contribution in [0.15, 0.2) is 42.6 Å². The zero-order valence-corrected chi connectivity index (χ0v) is 8.67. The number of aromatic amines is 1. The van der Waals surface area contributed by atoms with Crippen LogP contribution in [0, 0.1) is 0 Å². The molecule has 1 heterocycles. The van der Waals surface area contributed by atoms with E-state index < -0.39 is 0 Å². The first-order chi connectivity index (χ1) is 6.70. The summed E-state index contributed by atoms with van der Waals surface area (Å²) in [6.45, 7) is 8.27. The lowest BCUT2D eigenvalue weighted by Gasteiger charge is -2.09. The monoisotopic (exact) mass is 185 g/mol. The second kappa shape index (κ2) is 3.33. The van der Waals surface area contributed by atoms with Gasteiger partial charge < -0.3 is 4.98 Å². The molecule has 0 amide bonds. The number of rotatable bonds is 2. The Labute approximate surface area is 84.5 Å². The van der Waals surface area contributed by atoms with Gasteiger partial charge in [-0.1, -0.05) is 37.3 Å². The third kappa shape index (κ3) is 1.35. The lowest BCUT2D eigenvalue weighted by molar-refractivity contribution is 0.908. The minimum Gasteiger partial charge on any atom is -0.361 e. The molecule has 0 aliphatic heterocycles. The Hall–Kier alpha value is -1.50. The summed E-state index contributed by atoms with van der Waals surface area (Å²) in [7, 11) is 0. The van der Waals surface area contributed by atoms with Crippen LogP contribution in [-0.4, -0.2) is 4.98 Å². The minimum absolute atomic E-state index is 0.422. The van der Waals surface area contributed by atoms with Crippen molar-refractivity contribution < 1.29 is 0 Å². The van der Waals surface area contributed by atoms with Gasteiger partial charge in [-0.2, -0.15) is 0 Å². The highest BCUT2D eigenvalue weighted by Gasteiger charge is 2.10. The summed E-state index contributed by atoms with van der Waals surface area (Å²) >= 11 is 0. The third-order valence-corrected chi connectivity index (χ3v) is 2.83. The first kappa shape index (κ1) is 9.07. The molecule has 72 valence electrons. The second-order valence-corrected chi connectivity index (χ2v) is 3.86. The van der Waals surface area contributed by atoms with Gasteiger partial charge >= 0.3 is 0 Å². The number of para-hydroxylation sites is 1. The molecule has 1 nitrogen and oxygen atoms in total. The van der Waals surface area contributed by atoms with Crippen LogP contribution in [-0.2, 0) is 0 Å². The molecule has 2 rings (SSSR count). The van der Waals surface area contributed by atoms with E-state index in [0.717, 1.165) is 0 Å². The summed E-state index contributed by atoms with van der Waals surface area (Å²) in [5, 5.41) is 1.31. The van der Waals surface area contributed by atoms with Crippen LogP contribution in [0.5, 0.6) is 0 Å². The van der Waals surface area contributed by atoms with Crippen molar-refractivity contribution in [3.05, 3.63) is 48.2 Å². The normalized spacial score (nSPS) is 13.0. The molecule has 1 unspecified atom stereocenters. The Bertz CT molecular complexity index is 465. The van der Waals surface area contributed by atoms with E-state index in [-0.39, 0.29) is 0 Å². The Balaban J connectivity index is 2.58. The summed E-state index contributed by atoms with van der Waals surface area (Å²) in [6, 6.07) is 8.38. The van der Waals surface area contributed by atoms with Gasteiger partial charge in [0.1, 0.15) is 0 Å².